The van der Waals surface area contributed by atoms with Crippen LogP contribution in [0.4, 0.5) is 22.7 Å². The van der Waals surface area contributed by atoms with Crippen LogP contribution < -0.4 is 10.6 Å². The lowest BCUT2D eigenvalue weighted by molar-refractivity contribution is 0.190. The average Bonchev–Trinajstić information content (AvgIpc) is 2.62. The van der Waals surface area contributed by atoms with Gasteiger partial charge in [-0.15, -0.1) is 10.2 Å². The fourth-order valence-corrected chi connectivity index (χ4v) is 3.48. The Hall–Kier alpha value is -1.38. The molecule has 0 aliphatic carbocycles. The molecule has 2 aromatic rings. The number of benzene rings is 2. The Labute approximate surface area is 177 Å². The minimum Gasteiger partial charge on any atom is -0.399 e. The van der Waals surface area contributed by atoms with Crippen LogP contribution in [-0.2, 0) is 9.47 Å². The van der Waals surface area contributed by atoms with E-state index in [2.05, 4.69) is 31.1 Å². The summed E-state index contributed by atoms with van der Waals surface area (Å²) in [4.78, 5) is 2.13. The van der Waals surface area contributed by atoms with Crippen molar-refractivity contribution >= 4 is 61.9 Å². The van der Waals surface area contributed by atoms with Crippen molar-refractivity contribution < 1.29 is 9.47 Å². The van der Waals surface area contributed by atoms with Crippen LogP contribution in [0, 0.1) is 0 Å². The van der Waals surface area contributed by atoms with E-state index in [1.807, 2.05) is 18.2 Å². The Morgan fingerprint density at radius 1 is 1.00 bits per heavy atom. The van der Waals surface area contributed by atoms with Crippen molar-refractivity contribution in [3.05, 3.63) is 44.8 Å². The van der Waals surface area contributed by atoms with Crippen molar-refractivity contribution in [2.24, 2.45) is 10.2 Å². The van der Waals surface area contributed by atoms with Crippen molar-refractivity contribution in [1.82, 2.24) is 0 Å². The van der Waals surface area contributed by atoms with E-state index in [0.717, 1.165) is 18.8 Å². The number of hydrogen-bond acceptors (Lipinski definition) is 6. The summed E-state index contributed by atoms with van der Waals surface area (Å²) in [5.74, 6) is 0. The number of nitrogen functional groups attached to an aromatic ring is 1. The molecule has 2 rings (SSSR count). The van der Waals surface area contributed by atoms with Crippen LogP contribution in [0.1, 0.15) is 0 Å². The van der Waals surface area contributed by atoms with Crippen molar-refractivity contribution in [1.29, 1.82) is 0 Å². The Bertz CT molecular complexity index is 774. The molecule has 27 heavy (non-hydrogen) atoms. The second-order valence-electron chi connectivity index (χ2n) is 5.64. The molecule has 6 nitrogen and oxygen atoms in total. The van der Waals surface area contributed by atoms with E-state index in [0.29, 0.717) is 44.8 Å². The fourth-order valence-electron chi connectivity index (χ4n) is 2.33. The SMILES string of the molecule is COCCN(CCOC)c1ccc(N=Nc2c(Cl)cc(N)cc2Br)c(Cl)c1. The van der Waals surface area contributed by atoms with Crippen LogP contribution in [0.3, 0.4) is 0 Å². The van der Waals surface area contributed by atoms with Gasteiger partial charge in [0.2, 0.25) is 0 Å². The van der Waals surface area contributed by atoms with E-state index in [-0.39, 0.29) is 0 Å². The molecule has 0 radical (unpaired) electrons. The topological polar surface area (TPSA) is 72.4 Å². The van der Waals surface area contributed by atoms with Crippen molar-refractivity contribution in [3.8, 4) is 0 Å². The summed E-state index contributed by atoms with van der Waals surface area (Å²) in [6, 6.07) is 8.93. The third-order valence-electron chi connectivity index (χ3n) is 3.72. The number of ether oxygens (including phenoxy) is 2. The highest BCUT2D eigenvalue weighted by atomic mass is 79.9. The maximum atomic E-state index is 6.40. The molecular weight excluding hydrogens is 455 g/mol. The molecule has 2 N–H and O–H groups in total. The summed E-state index contributed by atoms with van der Waals surface area (Å²) in [5, 5.41) is 9.32. The molecule has 0 aliphatic rings. The normalized spacial score (nSPS) is 11.3. The highest BCUT2D eigenvalue weighted by Gasteiger charge is 2.10. The number of nitrogens with two attached hydrogens (primary N) is 1. The Balaban J connectivity index is 2.22. The predicted octanol–water partition coefficient (Wildman–Crippen LogP) is 5.85. The molecule has 0 saturated carbocycles. The Kier molecular flexibility index (Phi) is 8.79. The first-order valence-corrected chi connectivity index (χ1v) is 9.69. The number of anilines is 2. The standard InChI is InChI=1S/C18H21BrCl2N4O2/c1-26-7-5-25(6-8-27-2)13-3-4-17(15(20)11-13)23-24-18-14(19)9-12(22)10-16(18)21/h3-4,9-11H,5-8,22H2,1-2H3. The first kappa shape index (κ1) is 21.9. The highest BCUT2D eigenvalue weighted by Crippen LogP contribution is 2.38. The van der Waals surface area contributed by atoms with Crippen LogP contribution in [0.15, 0.2) is 45.0 Å². The minimum absolute atomic E-state index is 0.406. The van der Waals surface area contributed by atoms with Crippen LogP contribution in [0.25, 0.3) is 0 Å². The first-order chi connectivity index (χ1) is 13.0. The van der Waals surface area contributed by atoms with E-state index in [1.54, 1.807) is 26.4 Å². The maximum absolute atomic E-state index is 6.40. The maximum Gasteiger partial charge on any atom is 0.119 e. The van der Waals surface area contributed by atoms with Crippen molar-refractivity contribution in [2.75, 3.05) is 51.2 Å². The van der Waals surface area contributed by atoms with Gasteiger partial charge >= 0.3 is 0 Å². The van der Waals surface area contributed by atoms with Gasteiger partial charge in [-0.2, -0.15) is 0 Å². The zero-order valence-corrected chi connectivity index (χ0v) is 18.2. The third kappa shape index (κ3) is 6.33. The van der Waals surface area contributed by atoms with Gasteiger partial charge in [0.25, 0.3) is 0 Å². The lowest BCUT2D eigenvalue weighted by atomic mass is 10.2. The lowest BCUT2D eigenvalue weighted by Gasteiger charge is -2.24. The van der Waals surface area contributed by atoms with E-state index in [9.17, 15) is 0 Å². The van der Waals surface area contributed by atoms with Crippen LogP contribution in [-0.4, -0.2) is 40.5 Å². The van der Waals surface area contributed by atoms with E-state index in [4.69, 9.17) is 38.4 Å². The van der Waals surface area contributed by atoms with Crippen molar-refractivity contribution in [3.63, 3.8) is 0 Å². The number of rotatable bonds is 9. The molecule has 2 aromatic carbocycles. The monoisotopic (exact) mass is 474 g/mol. The second kappa shape index (κ2) is 10.8. The van der Waals surface area contributed by atoms with Crippen LogP contribution in [0.2, 0.25) is 10.0 Å². The number of hydrogen-bond donors (Lipinski definition) is 1. The molecule has 0 amide bonds. The lowest BCUT2D eigenvalue weighted by Crippen LogP contribution is -2.30. The molecule has 0 unspecified atom stereocenters. The first-order valence-electron chi connectivity index (χ1n) is 8.15. The quantitative estimate of drug-likeness (QED) is 0.364. The summed E-state index contributed by atoms with van der Waals surface area (Å²) in [6.45, 7) is 2.66. The minimum atomic E-state index is 0.406. The molecule has 9 heteroatoms. The molecular formula is C18H21BrCl2N4O2. The van der Waals surface area contributed by atoms with Gasteiger partial charge in [0.15, 0.2) is 0 Å². The second-order valence-corrected chi connectivity index (χ2v) is 7.31. The molecule has 0 saturated heterocycles. The molecule has 0 heterocycles. The number of halogens is 3. The van der Waals surface area contributed by atoms with E-state index in [1.165, 1.54) is 0 Å². The Morgan fingerprint density at radius 3 is 2.22 bits per heavy atom. The number of azo groups is 1. The van der Waals surface area contributed by atoms with Gasteiger partial charge in [-0.05, 0) is 46.3 Å². The van der Waals surface area contributed by atoms with Crippen LogP contribution in [0.5, 0.6) is 0 Å². The summed E-state index contributed by atoms with van der Waals surface area (Å²) in [7, 11) is 3.34. The number of nitrogens with zero attached hydrogens (tertiary/aromatic N) is 3. The smallest absolute Gasteiger partial charge is 0.119 e. The summed E-state index contributed by atoms with van der Waals surface area (Å²) >= 11 is 16.0. The zero-order chi connectivity index (χ0) is 19.8. The summed E-state index contributed by atoms with van der Waals surface area (Å²) < 4.78 is 11.0. The molecule has 146 valence electrons. The van der Waals surface area contributed by atoms with Gasteiger partial charge in [-0.25, -0.2) is 0 Å². The summed E-state index contributed by atoms with van der Waals surface area (Å²) in [5.41, 5.74) is 8.28. The average molecular weight is 476 g/mol. The van der Waals surface area contributed by atoms with Gasteiger partial charge in [-0.3, -0.25) is 0 Å². The Morgan fingerprint density at radius 2 is 1.67 bits per heavy atom. The largest absolute Gasteiger partial charge is 0.399 e. The number of methoxy groups -OCH3 is 2. The van der Waals surface area contributed by atoms with Crippen molar-refractivity contribution in [2.45, 2.75) is 0 Å². The molecule has 0 fully saturated rings. The fraction of sp³-hybridized carbons (Fsp3) is 0.333. The summed E-state index contributed by atoms with van der Waals surface area (Å²) in [6.07, 6.45) is 0. The molecule has 0 aliphatic heterocycles. The van der Waals surface area contributed by atoms with Gasteiger partial charge in [-0.1, -0.05) is 23.2 Å². The van der Waals surface area contributed by atoms with E-state index >= 15 is 0 Å². The molecule has 0 bridgehead atoms. The molecule has 0 atom stereocenters. The van der Waals surface area contributed by atoms with Gasteiger partial charge in [0.05, 0.1) is 23.3 Å². The van der Waals surface area contributed by atoms with Gasteiger partial charge in [0.1, 0.15) is 11.4 Å². The third-order valence-corrected chi connectivity index (χ3v) is 4.92. The highest BCUT2D eigenvalue weighted by molar-refractivity contribution is 9.10. The molecule has 0 spiro atoms. The van der Waals surface area contributed by atoms with E-state index < -0.39 is 0 Å². The van der Waals surface area contributed by atoms with Gasteiger partial charge in [0, 0.05) is 43.2 Å². The zero-order valence-electron chi connectivity index (χ0n) is 15.1. The predicted molar refractivity (Wildman–Crippen MR) is 115 cm³/mol. The van der Waals surface area contributed by atoms with Crippen LogP contribution >= 0.6 is 39.1 Å². The molecule has 0 aromatic heterocycles. The van der Waals surface area contributed by atoms with Gasteiger partial charge < -0.3 is 20.1 Å².